The van der Waals surface area contributed by atoms with Crippen LogP contribution in [0.3, 0.4) is 0 Å². The third-order valence-corrected chi connectivity index (χ3v) is 6.51. The Labute approximate surface area is 185 Å². The summed E-state index contributed by atoms with van der Waals surface area (Å²) in [7, 11) is -3.82. The standard InChI is InChI=1S/C20H27N5O4S2/c1-5-6-9-25-15-8-7-13(31(21,27)28)10-14(15)22-19(25)30-12-17(26)23-18-11-16(24-29-18)20(2,3)4/h7-8,10-11H,5-6,9,12H2,1-4H3,(H,23,26)(H2,21,27,28). The molecule has 0 spiro atoms. The molecule has 1 aromatic carbocycles. The fourth-order valence-corrected chi connectivity index (χ4v) is 4.27. The summed E-state index contributed by atoms with van der Waals surface area (Å²) in [6, 6.07) is 6.34. The molecule has 31 heavy (non-hydrogen) atoms. The number of carbonyl (C=O) groups excluding carboxylic acids is 1. The molecule has 1 amide bonds. The number of nitrogens with two attached hydrogens (primary N) is 1. The Balaban J connectivity index is 1.77. The van der Waals surface area contributed by atoms with Crippen molar-refractivity contribution >= 4 is 44.6 Å². The topological polar surface area (TPSA) is 133 Å². The zero-order valence-corrected chi connectivity index (χ0v) is 19.6. The highest BCUT2D eigenvalue weighted by atomic mass is 32.2. The molecular formula is C20H27N5O4S2. The van der Waals surface area contributed by atoms with Crippen molar-refractivity contribution < 1.29 is 17.7 Å². The van der Waals surface area contributed by atoms with Crippen LogP contribution < -0.4 is 10.5 Å². The average molecular weight is 466 g/mol. The van der Waals surface area contributed by atoms with Crippen molar-refractivity contribution in [1.29, 1.82) is 0 Å². The van der Waals surface area contributed by atoms with Crippen LogP contribution in [-0.4, -0.2) is 34.8 Å². The van der Waals surface area contributed by atoms with Crippen LogP contribution >= 0.6 is 11.8 Å². The van der Waals surface area contributed by atoms with Crippen molar-refractivity contribution in [1.82, 2.24) is 14.7 Å². The molecule has 0 saturated heterocycles. The molecule has 0 unspecified atom stereocenters. The first-order chi connectivity index (χ1) is 14.5. The van der Waals surface area contributed by atoms with Gasteiger partial charge < -0.3 is 9.09 Å². The fourth-order valence-electron chi connectivity index (χ4n) is 2.90. The molecule has 3 aromatic rings. The molecule has 2 aromatic heterocycles. The second kappa shape index (κ2) is 9.01. The van der Waals surface area contributed by atoms with Crippen molar-refractivity contribution in [2.24, 2.45) is 5.14 Å². The predicted octanol–water partition coefficient (Wildman–Crippen LogP) is 3.50. The number of fused-ring (bicyclic) bond motifs is 1. The van der Waals surface area contributed by atoms with Gasteiger partial charge in [-0.3, -0.25) is 10.1 Å². The van der Waals surface area contributed by atoms with Crippen molar-refractivity contribution in [2.75, 3.05) is 11.1 Å². The van der Waals surface area contributed by atoms with Gasteiger partial charge in [0.05, 0.1) is 27.4 Å². The zero-order chi connectivity index (χ0) is 22.8. The first kappa shape index (κ1) is 23.3. The number of nitrogens with zero attached hydrogens (tertiary/aromatic N) is 3. The van der Waals surface area contributed by atoms with E-state index in [1.54, 1.807) is 12.1 Å². The Kier molecular flexibility index (Phi) is 6.77. The highest BCUT2D eigenvalue weighted by Crippen LogP contribution is 2.27. The highest BCUT2D eigenvalue weighted by Gasteiger charge is 2.20. The number of sulfonamides is 1. The summed E-state index contributed by atoms with van der Waals surface area (Å²) in [4.78, 5) is 17.0. The lowest BCUT2D eigenvalue weighted by Gasteiger charge is -2.12. The van der Waals surface area contributed by atoms with Crippen molar-refractivity contribution in [2.45, 2.75) is 62.5 Å². The molecule has 0 aliphatic heterocycles. The molecule has 0 bridgehead atoms. The molecule has 2 heterocycles. The smallest absolute Gasteiger partial charge is 0.238 e. The number of nitrogens with one attached hydrogen (secondary N) is 1. The molecule has 0 fully saturated rings. The maximum absolute atomic E-state index is 12.4. The van der Waals surface area contributed by atoms with E-state index >= 15 is 0 Å². The van der Waals surface area contributed by atoms with Gasteiger partial charge in [0.15, 0.2) is 5.16 Å². The molecule has 0 radical (unpaired) electrons. The van der Waals surface area contributed by atoms with Gasteiger partial charge in [-0.05, 0) is 24.6 Å². The van der Waals surface area contributed by atoms with E-state index in [9.17, 15) is 13.2 Å². The van der Waals surface area contributed by atoms with Crippen LogP contribution in [0.4, 0.5) is 5.88 Å². The van der Waals surface area contributed by atoms with E-state index in [4.69, 9.17) is 9.66 Å². The Hall–Kier alpha value is -2.37. The number of benzene rings is 1. The third kappa shape index (κ3) is 5.66. The monoisotopic (exact) mass is 465 g/mol. The molecule has 0 aliphatic rings. The van der Waals surface area contributed by atoms with Gasteiger partial charge in [0, 0.05) is 18.0 Å². The zero-order valence-electron chi connectivity index (χ0n) is 18.0. The molecule has 0 atom stereocenters. The van der Waals surface area contributed by atoms with Crippen LogP contribution in [-0.2, 0) is 26.8 Å². The number of aromatic nitrogens is 3. The minimum atomic E-state index is -3.82. The maximum Gasteiger partial charge on any atom is 0.238 e. The molecule has 0 saturated carbocycles. The maximum atomic E-state index is 12.4. The van der Waals surface area contributed by atoms with E-state index in [1.807, 2.05) is 25.3 Å². The molecular weight excluding hydrogens is 438 g/mol. The van der Waals surface area contributed by atoms with Crippen LogP contribution in [0.15, 0.2) is 38.8 Å². The summed E-state index contributed by atoms with van der Waals surface area (Å²) < 4.78 is 30.5. The van der Waals surface area contributed by atoms with Gasteiger partial charge in [0.25, 0.3) is 0 Å². The first-order valence-electron chi connectivity index (χ1n) is 9.92. The number of rotatable bonds is 8. The van der Waals surface area contributed by atoms with Crippen LogP contribution in [0, 0.1) is 0 Å². The quantitative estimate of drug-likeness (QED) is 0.486. The predicted molar refractivity (Wildman–Crippen MR) is 121 cm³/mol. The number of unbranched alkanes of at least 4 members (excludes halogenated alkanes) is 1. The number of imidazole rings is 1. The number of hydrogen-bond donors (Lipinski definition) is 2. The molecule has 11 heteroatoms. The number of aryl methyl sites for hydroxylation is 1. The average Bonchev–Trinajstić information content (AvgIpc) is 3.27. The largest absolute Gasteiger partial charge is 0.338 e. The first-order valence-corrected chi connectivity index (χ1v) is 12.4. The van der Waals surface area contributed by atoms with Crippen molar-refractivity contribution in [3.05, 3.63) is 30.0 Å². The van der Waals surface area contributed by atoms with Gasteiger partial charge in [-0.2, -0.15) is 0 Å². The van der Waals surface area contributed by atoms with Crippen molar-refractivity contribution in [3.63, 3.8) is 0 Å². The van der Waals surface area contributed by atoms with E-state index < -0.39 is 10.0 Å². The Morgan fingerprint density at radius 3 is 2.65 bits per heavy atom. The lowest BCUT2D eigenvalue weighted by molar-refractivity contribution is -0.113. The van der Waals surface area contributed by atoms with E-state index in [-0.39, 0.29) is 22.0 Å². The van der Waals surface area contributed by atoms with E-state index in [0.29, 0.717) is 23.1 Å². The molecule has 9 nitrogen and oxygen atoms in total. The number of carbonyl (C=O) groups is 1. The Morgan fingerprint density at radius 1 is 1.29 bits per heavy atom. The summed E-state index contributed by atoms with van der Waals surface area (Å²) in [6.45, 7) is 8.82. The van der Waals surface area contributed by atoms with Gasteiger partial charge in [0.1, 0.15) is 0 Å². The summed E-state index contributed by atoms with van der Waals surface area (Å²) >= 11 is 1.27. The number of anilines is 1. The van der Waals surface area contributed by atoms with Crippen LogP contribution in [0.5, 0.6) is 0 Å². The van der Waals surface area contributed by atoms with Gasteiger partial charge in [0.2, 0.25) is 21.8 Å². The summed E-state index contributed by atoms with van der Waals surface area (Å²) in [5.41, 5.74) is 1.90. The number of amides is 1. The second-order valence-corrected chi connectivity index (χ2v) is 10.8. The number of primary sulfonamides is 1. The molecule has 3 N–H and O–H groups in total. The SMILES string of the molecule is CCCCn1c(SCC(=O)Nc2cc(C(C)(C)C)no2)nc2cc(S(N)(=O)=O)ccc21. The fraction of sp³-hybridized carbons (Fsp3) is 0.450. The van der Waals surface area contributed by atoms with Crippen LogP contribution in [0.2, 0.25) is 0 Å². The lowest BCUT2D eigenvalue weighted by Crippen LogP contribution is -2.14. The van der Waals surface area contributed by atoms with Gasteiger partial charge >= 0.3 is 0 Å². The van der Waals surface area contributed by atoms with Crippen LogP contribution in [0.1, 0.15) is 46.2 Å². The molecule has 0 aliphatic carbocycles. The normalized spacial score (nSPS) is 12.4. The van der Waals surface area contributed by atoms with Crippen LogP contribution in [0.25, 0.3) is 11.0 Å². The van der Waals surface area contributed by atoms with Gasteiger partial charge in [-0.1, -0.05) is 51.0 Å². The highest BCUT2D eigenvalue weighted by molar-refractivity contribution is 7.99. The van der Waals surface area contributed by atoms with E-state index in [2.05, 4.69) is 22.4 Å². The summed E-state index contributed by atoms with van der Waals surface area (Å²) in [6.07, 6.45) is 1.91. The molecule has 168 valence electrons. The number of thioether (sulfide) groups is 1. The second-order valence-electron chi connectivity index (χ2n) is 8.26. The van der Waals surface area contributed by atoms with E-state index in [1.165, 1.54) is 23.9 Å². The minimum absolute atomic E-state index is 0.00871. The van der Waals surface area contributed by atoms with Gasteiger partial charge in [-0.15, -0.1) is 0 Å². The lowest BCUT2D eigenvalue weighted by atomic mass is 9.92. The van der Waals surface area contributed by atoms with Crippen molar-refractivity contribution in [3.8, 4) is 0 Å². The summed E-state index contributed by atoms with van der Waals surface area (Å²) in [5, 5.41) is 12.6. The van der Waals surface area contributed by atoms with E-state index in [0.717, 1.165) is 24.1 Å². The Morgan fingerprint density at radius 2 is 2.03 bits per heavy atom. The molecule has 3 rings (SSSR count). The third-order valence-electron chi connectivity index (χ3n) is 4.62. The summed E-state index contributed by atoms with van der Waals surface area (Å²) in [5.74, 6) is 0.164. The number of hydrogen-bond acceptors (Lipinski definition) is 7. The van der Waals surface area contributed by atoms with Gasteiger partial charge in [-0.25, -0.2) is 18.5 Å². The Bertz CT molecular complexity index is 1190. The minimum Gasteiger partial charge on any atom is -0.338 e.